The Morgan fingerprint density at radius 3 is 2.53 bits per heavy atom. The minimum Gasteiger partial charge on any atom is -0.478 e. The second-order valence-corrected chi connectivity index (χ2v) is 3.25. The maximum Gasteiger partial charge on any atom is 0.328 e. The quantitative estimate of drug-likeness (QED) is 0.591. The maximum absolute atomic E-state index is 11.4. The maximum atomic E-state index is 11.4. The van der Waals surface area contributed by atoms with Crippen LogP contribution in [0.25, 0.3) is 0 Å². The molecule has 6 nitrogen and oxygen atoms in total. The molecule has 0 radical (unpaired) electrons. The molecule has 6 heteroatoms. The molecule has 0 spiro atoms. The summed E-state index contributed by atoms with van der Waals surface area (Å²) in [5.74, 6) is -1.76. The van der Waals surface area contributed by atoms with Crippen molar-refractivity contribution in [1.82, 2.24) is 9.80 Å². The second-order valence-electron chi connectivity index (χ2n) is 3.25. The molecule has 1 aliphatic heterocycles. The van der Waals surface area contributed by atoms with Crippen molar-refractivity contribution in [2.24, 2.45) is 0 Å². The van der Waals surface area contributed by atoms with Gasteiger partial charge in [0, 0.05) is 32.3 Å². The van der Waals surface area contributed by atoms with Crippen molar-refractivity contribution in [1.29, 1.82) is 0 Å². The van der Waals surface area contributed by atoms with E-state index in [1.807, 2.05) is 0 Å². The smallest absolute Gasteiger partial charge is 0.328 e. The number of hydrogen-bond acceptors (Lipinski definition) is 3. The predicted molar refractivity (Wildman–Crippen MR) is 51.0 cm³/mol. The molecule has 15 heavy (non-hydrogen) atoms. The molecule has 1 fully saturated rings. The summed E-state index contributed by atoms with van der Waals surface area (Å²) in [6.45, 7) is 0.926. The Hall–Kier alpha value is -1.85. The van der Waals surface area contributed by atoms with E-state index in [1.54, 1.807) is 7.05 Å². The van der Waals surface area contributed by atoms with Crippen molar-refractivity contribution in [2.75, 3.05) is 26.7 Å². The zero-order valence-corrected chi connectivity index (χ0v) is 8.34. The van der Waals surface area contributed by atoms with Crippen molar-refractivity contribution in [2.45, 2.75) is 0 Å². The third-order valence-corrected chi connectivity index (χ3v) is 2.14. The molecule has 2 amide bonds. The van der Waals surface area contributed by atoms with Crippen molar-refractivity contribution >= 4 is 17.8 Å². The van der Waals surface area contributed by atoms with Gasteiger partial charge in [-0.05, 0) is 0 Å². The summed E-state index contributed by atoms with van der Waals surface area (Å²) >= 11 is 0. The van der Waals surface area contributed by atoms with Gasteiger partial charge in [0.15, 0.2) is 0 Å². The lowest BCUT2D eigenvalue weighted by molar-refractivity contribution is -0.141. The van der Waals surface area contributed by atoms with Crippen LogP contribution in [0.1, 0.15) is 0 Å². The van der Waals surface area contributed by atoms with E-state index in [0.29, 0.717) is 13.1 Å². The van der Waals surface area contributed by atoms with Gasteiger partial charge in [-0.3, -0.25) is 9.59 Å². The van der Waals surface area contributed by atoms with Crippen LogP contribution in [-0.4, -0.2) is 59.4 Å². The molecule has 0 aromatic heterocycles. The lowest BCUT2D eigenvalue weighted by Crippen LogP contribution is -2.50. The normalized spacial score (nSPS) is 17.3. The van der Waals surface area contributed by atoms with Crippen LogP contribution in [0.4, 0.5) is 0 Å². The van der Waals surface area contributed by atoms with E-state index in [1.165, 1.54) is 9.80 Å². The summed E-state index contributed by atoms with van der Waals surface area (Å²) < 4.78 is 0. The first kappa shape index (κ1) is 11.2. The molecule has 0 aliphatic carbocycles. The topological polar surface area (TPSA) is 77.9 Å². The summed E-state index contributed by atoms with van der Waals surface area (Å²) in [7, 11) is 1.66. The Labute approximate surface area is 86.8 Å². The Bertz CT molecular complexity index is 324. The highest BCUT2D eigenvalue weighted by molar-refractivity contribution is 5.96. The molecule has 1 heterocycles. The van der Waals surface area contributed by atoms with E-state index in [4.69, 9.17) is 5.11 Å². The van der Waals surface area contributed by atoms with Crippen molar-refractivity contribution in [3.05, 3.63) is 12.2 Å². The number of carbonyl (C=O) groups excluding carboxylic acids is 2. The van der Waals surface area contributed by atoms with Crippen molar-refractivity contribution in [3.63, 3.8) is 0 Å². The highest BCUT2D eigenvalue weighted by Gasteiger charge is 2.23. The lowest BCUT2D eigenvalue weighted by atomic mass is 10.3. The number of rotatable bonds is 2. The number of piperazine rings is 1. The number of hydrogen-bond donors (Lipinski definition) is 1. The van der Waals surface area contributed by atoms with E-state index in [-0.39, 0.29) is 12.5 Å². The Morgan fingerprint density at radius 1 is 1.33 bits per heavy atom. The van der Waals surface area contributed by atoms with E-state index in [2.05, 4.69) is 0 Å². The number of nitrogens with zero attached hydrogens (tertiary/aromatic N) is 2. The number of carboxylic acids is 1. The molecule has 1 rings (SSSR count). The summed E-state index contributed by atoms with van der Waals surface area (Å²) in [5, 5.41) is 8.32. The monoisotopic (exact) mass is 212 g/mol. The van der Waals surface area contributed by atoms with Gasteiger partial charge in [-0.1, -0.05) is 0 Å². The van der Waals surface area contributed by atoms with Crippen LogP contribution in [0.5, 0.6) is 0 Å². The van der Waals surface area contributed by atoms with Crippen LogP contribution in [0.15, 0.2) is 12.2 Å². The Balaban J connectivity index is 2.55. The molecule has 0 unspecified atom stereocenters. The molecule has 0 saturated carbocycles. The summed E-state index contributed by atoms with van der Waals surface area (Å²) in [6, 6.07) is 0. The zero-order chi connectivity index (χ0) is 11.4. The van der Waals surface area contributed by atoms with Crippen LogP contribution in [-0.2, 0) is 14.4 Å². The molecular formula is C9H12N2O4. The lowest BCUT2D eigenvalue weighted by Gasteiger charge is -2.31. The molecule has 0 atom stereocenters. The van der Waals surface area contributed by atoms with Gasteiger partial charge in [0.05, 0.1) is 0 Å². The first-order valence-electron chi connectivity index (χ1n) is 4.44. The fraction of sp³-hybridized carbons (Fsp3) is 0.444. The first-order valence-corrected chi connectivity index (χ1v) is 4.44. The standard InChI is InChI=1S/C9H12N2O4/c1-10-4-5-11(6-8(10)13)7(12)2-3-9(14)15/h2-3H,4-6H2,1H3,(H,14,15)/b3-2+. The average molecular weight is 212 g/mol. The number of carboxylic acid groups (broad SMARTS) is 1. The summed E-state index contributed by atoms with van der Waals surface area (Å²) in [5.41, 5.74) is 0. The van der Waals surface area contributed by atoms with Gasteiger partial charge in [0.1, 0.15) is 6.54 Å². The average Bonchev–Trinajstić information content (AvgIpc) is 2.18. The second kappa shape index (κ2) is 4.59. The Kier molecular flexibility index (Phi) is 3.43. The first-order chi connectivity index (χ1) is 7.00. The molecular weight excluding hydrogens is 200 g/mol. The van der Waals surface area contributed by atoms with Crippen LogP contribution >= 0.6 is 0 Å². The highest BCUT2D eigenvalue weighted by atomic mass is 16.4. The number of likely N-dealkylation sites (N-methyl/N-ethyl adjacent to an activating group) is 1. The third kappa shape index (κ3) is 3.08. The molecule has 1 aliphatic rings. The van der Waals surface area contributed by atoms with Gasteiger partial charge < -0.3 is 14.9 Å². The summed E-state index contributed by atoms with van der Waals surface area (Å²) in [6.07, 6.45) is 1.73. The molecule has 1 N–H and O–H groups in total. The molecule has 0 aromatic carbocycles. The number of aliphatic carboxylic acids is 1. The SMILES string of the molecule is CN1CCN(C(=O)/C=C/C(=O)O)CC1=O. The van der Waals surface area contributed by atoms with Crippen LogP contribution < -0.4 is 0 Å². The number of carbonyl (C=O) groups is 3. The largest absolute Gasteiger partial charge is 0.478 e. The highest BCUT2D eigenvalue weighted by Crippen LogP contribution is 2.01. The minimum absolute atomic E-state index is 0.0132. The molecule has 0 aromatic rings. The Morgan fingerprint density at radius 2 is 2.00 bits per heavy atom. The van der Waals surface area contributed by atoms with Crippen molar-refractivity contribution in [3.8, 4) is 0 Å². The fourth-order valence-corrected chi connectivity index (χ4v) is 1.19. The van der Waals surface area contributed by atoms with Gasteiger partial charge in [-0.15, -0.1) is 0 Å². The number of amides is 2. The zero-order valence-electron chi connectivity index (χ0n) is 8.34. The molecule has 82 valence electrons. The van der Waals surface area contributed by atoms with Crippen molar-refractivity contribution < 1.29 is 19.5 Å². The van der Waals surface area contributed by atoms with E-state index < -0.39 is 11.9 Å². The van der Waals surface area contributed by atoms with E-state index in [0.717, 1.165) is 12.2 Å². The van der Waals surface area contributed by atoms with Gasteiger partial charge in [0.2, 0.25) is 11.8 Å². The predicted octanol–water partition coefficient (Wildman–Crippen LogP) is -1.07. The van der Waals surface area contributed by atoms with Crippen LogP contribution in [0, 0.1) is 0 Å². The molecule has 0 bridgehead atoms. The van der Waals surface area contributed by atoms with Gasteiger partial charge in [-0.25, -0.2) is 4.79 Å². The van der Waals surface area contributed by atoms with Gasteiger partial charge >= 0.3 is 5.97 Å². The molecule has 1 saturated heterocycles. The minimum atomic E-state index is -1.18. The van der Waals surface area contributed by atoms with Crippen LogP contribution in [0.3, 0.4) is 0 Å². The fourth-order valence-electron chi connectivity index (χ4n) is 1.19. The van der Waals surface area contributed by atoms with E-state index in [9.17, 15) is 14.4 Å². The third-order valence-electron chi connectivity index (χ3n) is 2.14. The summed E-state index contributed by atoms with van der Waals surface area (Å²) in [4.78, 5) is 35.6. The van der Waals surface area contributed by atoms with Gasteiger partial charge in [-0.2, -0.15) is 0 Å². The van der Waals surface area contributed by atoms with Gasteiger partial charge in [0.25, 0.3) is 0 Å². The van der Waals surface area contributed by atoms with E-state index >= 15 is 0 Å². The van der Waals surface area contributed by atoms with Crippen LogP contribution in [0.2, 0.25) is 0 Å².